The molecule has 0 saturated carbocycles. The molecule has 0 atom stereocenters. The van der Waals surface area contributed by atoms with Crippen molar-refractivity contribution in [2.75, 3.05) is 5.43 Å². The molecular formula is C18H17N5O2S. The summed E-state index contributed by atoms with van der Waals surface area (Å²) >= 11 is 1.54. The van der Waals surface area contributed by atoms with Gasteiger partial charge in [0.1, 0.15) is 16.9 Å². The van der Waals surface area contributed by atoms with Crippen molar-refractivity contribution >= 4 is 37.6 Å². The first-order valence-electron chi connectivity index (χ1n) is 8.31. The second-order valence-corrected chi connectivity index (χ2v) is 7.95. The van der Waals surface area contributed by atoms with Crippen molar-refractivity contribution in [3.05, 3.63) is 35.9 Å². The maximum atomic E-state index is 6.07. The number of hydrogen-bond donors (Lipinski definition) is 2. The highest BCUT2D eigenvalue weighted by molar-refractivity contribution is 7.26. The van der Waals surface area contributed by atoms with Crippen LogP contribution in [0.4, 0.5) is 5.82 Å². The van der Waals surface area contributed by atoms with Crippen LogP contribution in [-0.2, 0) is 17.8 Å². The quantitative estimate of drug-likeness (QED) is 0.412. The molecule has 5 rings (SSSR count). The van der Waals surface area contributed by atoms with E-state index in [0.29, 0.717) is 12.4 Å². The van der Waals surface area contributed by atoms with Crippen LogP contribution in [0.25, 0.3) is 31.9 Å². The molecule has 0 aliphatic carbocycles. The molecule has 0 amide bonds. The van der Waals surface area contributed by atoms with Gasteiger partial charge in [-0.15, -0.1) is 11.3 Å². The standard InChI is InChI=1S/C18H17N5O2S/c1-18(2)6-9-10(7-25-18)13(11-4-3-5-24-11)22-17-12(9)14-15(26-17)16(23-19)21-8-20-14/h3-5,8H,6-7,19H2,1-2H3,(H,20,21,23). The van der Waals surface area contributed by atoms with E-state index in [0.717, 1.165) is 43.9 Å². The molecule has 5 heterocycles. The topological polar surface area (TPSA) is 99.1 Å². The predicted octanol–water partition coefficient (Wildman–Crippen LogP) is 3.64. The minimum absolute atomic E-state index is 0.252. The average molecular weight is 367 g/mol. The van der Waals surface area contributed by atoms with Gasteiger partial charge in [-0.2, -0.15) is 0 Å². The molecule has 0 spiro atoms. The van der Waals surface area contributed by atoms with Gasteiger partial charge in [-0.1, -0.05) is 0 Å². The third-order valence-corrected chi connectivity index (χ3v) is 5.80. The number of hydrazine groups is 1. The van der Waals surface area contributed by atoms with Crippen LogP contribution >= 0.6 is 11.3 Å². The van der Waals surface area contributed by atoms with Gasteiger partial charge in [0.2, 0.25) is 0 Å². The summed E-state index contributed by atoms with van der Waals surface area (Å²) in [7, 11) is 0. The molecule has 1 aliphatic heterocycles. The number of thiophene rings is 1. The number of aromatic nitrogens is 3. The minimum Gasteiger partial charge on any atom is -0.463 e. The Balaban J connectivity index is 1.91. The SMILES string of the molecule is CC1(C)Cc2c(c(-c3ccco3)nc3sc4c(NN)ncnc4c23)CO1. The zero-order valence-electron chi connectivity index (χ0n) is 14.4. The Labute approximate surface area is 153 Å². The molecule has 7 nitrogen and oxygen atoms in total. The fourth-order valence-corrected chi connectivity index (χ4v) is 4.64. The Bertz CT molecular complexity index is 1130. The molecule has 0 unspecified atom stereocenters. The van der Waals surface area contributed by atoms with Gasteiger partial charge in [0, 0.05) is 17.4 Å². The number of anilines is 1. The zero-order valence-corrected chi connectivity index (χ0v) is 15.2. The highest BCUT2D eigenvalue weighted by Crippen LogP contribution is 2.43. The molecule has 26 heavy (non-hydrogen) atoms. The van der Waals surface area contributed by atoms with Crippen molar-refractivity contribution in [1.29, 1.82) is 0 Å². The monoisotopic (exact) mass is 367 g/mol. The predicted molar refractivity (Wildman–Crippen MR) is 101 cm³/mol. The summed E-state index contributed by atoms with van der Waals surface area (Å²) in [4.78, 5) is 14.6. The van der Waals surface area contributed by atoms with Crippen LogP contribution in [0, 0.1) is 0 Å². The molecule has 8 heteroatoms. The van der Waals surface area contributed by atoms with E-state index in [9.17, 15) is 0 Å². The average Bonchev–Trinajstić information content (AvgIpc) is 3.27. The number of ether oxygens (including phenoxy) is 1. The lowest BCUT2D eigenvalue weighted by Crippen LogP contribution is -2.32. The molecule has 4 aromatic rings. The van der Waals surface area contributed by atoms with Crippen LogP contribution in [0.15, 0.2) is 29.1 Å². The van der Waals surface area contributed by atoms with E-state index in [-0.39, 0.29) is 5.60 Å². The largest absolute Gasteiger partial charge is 0.463 e. The molecule has 3 N–H and O–H groups in total. The van der Waals surface area contributed by atoms with Gasteiger partial charge in [0.05, 0.1) is 28.7 Å². The summed E-state index contributed by atoms with van der Waals surface area (Å²) in [5, 5.41) is 1.06. The van der Waals surface area contributed by atoms with Crippen LogP contribution < -0.4 is 11.3 Å². The number of fused-ring (bicyclic) bond motifs is 5. The maximum Gasteiger partial charge on any atom is 0.161 e. The highest BCUT2D eigenvalue weighted by atomic mass is 32.1. The van der Waals surface area contributed by atoms with Crippen LogP contribution in [0.1, 0.15) is 25.0 Å². The summed E-state index contributed by atoms with van der Waals surface area (Å²) in [6.45, 7) is 4.70. The van der Waals surface area contributed by atoms with Crippen molar-refractivity contribution < 1.29 is 9.15 Å². The Morgan fingerprint density at radius 3 is 2.92 bits per heavy atom. The zero-order chi connectivity index (χ0) is 17.9. The van der Waals surface area contributed by atoms with E-state index in [4.69, 9.17) is 20.0 Å². The molecule has 132 valence electrons. The molecule has 0 bridgehead atoms. The minimum atomic E-state index is -0.252. The summed E-state index contributed by atoms with van der Waals surface area (Å²) in [6.07, 6.45) is 3.96. The summed E-state index contributed by atoms with van der Waals surface area (Å²) in [5.41, 5.74) is 6.39. The number of nitrogens with one attached hydrogen (secondary N) is 1. The van der Waals surface area contributed by atoms with Crippen molar-refractivity contribution in [3.8, 4) is 11.5 Å². The fourth-order valence-electron chi connectivity index (χ4n) is 3.53. The van der Waals surface area contributed by atoms with E-state index in [2.05, 4.69) is 29.2 Å². The first kappa shape index (κ1) is 15.7. The normalized spacial score (nSPS) is 16.1. The van der Waals surface area contributed by atoms with E-state index in [1.807, 2.05) is 12.1 Å². The third-order valence-electron chi connectivity index (χ3n) is 4.72. The molecule has 0 aromatic carbocycles. The van der Waals surface area contributed by atoms with Gasteiger partial charge < -0.3 is 14.6 Å². The third kappa shape index (κ3) is 2.23. The van der Waals surface area contributed by atoms with Crippen LogP contribution in [-0.4, -0.2) is 20.6 Å². The van der Waals surface area contributed by atoms with Crippen LogP contribution in [0.2, 0.25) is 0 Å². The van der Waals surface area contributed by atoms with Crippen LogP contribution in [0.3, 0.4) is 0 Å². The van der Waals surface area contributed by atoms with E-state index < -0.39 is 0 Å². The number of nitrogen functional groups attached to an aromatic ring is 1. The summed E-state index contributed by atoms with van der Waals surface area (Å²) in [6, 6.07) is 3.79. The number of nitrogens with two attached hydrogens (primary N) is 1. The Kier molecular flexibility index (Phi) is 3.30. The number of nitrogens with zero attached hydrogens (tertiary/aromatic N) is 3. The van der Waals surface area contributed by atoms with Gasteiger partial charge in [0.15, 0.2) is 11.6 Å². The molecule has 0 saturated heterocycles. The smallest absolute Gasteiger partial charge is 0.161 e. The summed E-state index contributed by atoms with van der Waals surface area (Å²) in [5.74, 6) is 6.99. The Morgan fingerprint density at radius 2 is 2.15 bits per heavy atom. The molecule has 1 aliphatic rings. The van der Waals surface area contributed by atoms with Gasteiger partial charge in [-0.3, -0.25) is 0 Å². The Hall–Kier alpha value is -2.55. The van der Waals surface area contributed by atoms with Crippen molar-refractivity contribution in [2.45, 2.75) is 32.5 Å². The number of hydrogen-bond acceptors (Lipinski definition) is 8. The fraction of sp³-hybridized carbons (Fsp3) is 0.278. The maximum absolute atomic E-state index is 6.07. The molecule has 0 radical (unpaired) electrons. The van der Waals surface area contributed by atoms with Crippen molar-refractivity contribution in [2.24, 2.45) is 5.84 Å². The number of furan rings is 1. The second kappa shape index (κ2) is 5.47. The summed E-state index contributed by atoms with van der Waals surface area (Å²) < 4.78 is 12.6. The van der Waals surface area contributed by atoms with Gasteiger partial charge >= 0.3 is 0 Å². The van der Waals surface area contributed by atoms with E-state index >= 15 is 0 Å². The molecule has 4 aromatic heterocycles. The van der Waals surface area contributed by atoms with Crippen molar-refractivity contribution in [3.63, 3.8) is 0 Å². The van der Waals surface area contributed by atoms with Crippen molar-refractivity contribution in [1.82, 2.24) is 15.0 Å². The highest BCUT2D eigenvalue weighted by Gasteiger charge is 2.32. The van der Waals surface area contributed by atoms with Gasteiger partial charge in [0.25, 0.3) is 0 Å². The second-order valence-electron chi connectivity index (χ2n) is 6.95. The van der Waals surface area contributed by atoms with Gasteiger partial charge in [-0.05, 0) is 31.5 Å². The number of rotatable bonds is 2. The molecule has 0 fully saturated rings. The lowest BCUT2D eigenvalue weighted by Gasteiger charge is -2.32. The van der Waals surface area contributed by atoms with Crippen LogP contribution in [0.5, 0.6) is 0 Å². The first-order chi connectivity index (χ1) is 12.6. The first-order valence-corrected chi connectivity index (χ1v) is 9.12. The Morgan fingerprint density at radius 1 is 1.27 bits per heavy atom. The molecular weight excluding hydrogens is 350 g/mol. The number of pyridine rings is 1. The van der Waals surface area contributed by atoms with E-state index in [1.54, 1.807) is 6.26 Å². The lowest BCUT2D eigenvalue weighted by molar-refractivity contribution is -0.0395. The lowest BCUT2D eigenvalue weighted by atomic mass is 9.89. The van der Waals surface area contributed by atoms with Gasteiger partial charge in [-0.25, -0.2) is 20.8 Å². The van der Waals surface area contributed by atoms with E-state index in [1.165, 1.54) is 23.2 Å².